The molecule has 1 rings (SSSR count). The van der Waals surface area contributed by atoms with Gasteiger partial charge in [-0.3, -0.25) is 9.59 Å². The van der Waals surface area contributed by atoms with Crippen LogP contribution in [0, 0.1) is 16.7 Å². The fraction of sp³-hybridized carbons (Fsp3) is 0.727. The summed E-state index contributed by atoms with van der Waals surface area (Å²) in [6.45, 7) is 0.328. The summed E-state index contributed by atoms with van der Waals surface area (Å²) in [7, 11) is 0. The van der Waals surface area contributed by atoms with Gasteiger partial charge in [-0.05, 0) is 19.3 Å². The molecule has 0 saturated heterocycles. The van der Waals surface area contributed by atoms with Gasteiger partial charge < -0.3 is 10.4 Å². The lowest BCUT2D eigenvalue weighted by Gasteiger charge is -2.18. The monoisotopic (exact) mass is 224 g/mol. The van der Waals surface area contributed by atoms with Gasteiger partial charge in [-0.1, -0.05) is 12.8 Å². The predicted molar refractivity (Wildman–Crippen MR) is 56.4 cm³/mol. The smallest absolute Gasteiger partial charge is 0.303 e. The first-order chi connectivity index (χ1) is 7.60. The molecule has 1 amide bonds. The van der Waals surface area contributed by atoms with Crippen molar-refractivity contribution >= 4 is 11.9 Å². The van der Waals surface area contributed by atoms with Crippen LogP contribution in [0.5, 0.6) is 0 Å². The minimum absolute atomic E-state index is 0.0415. The average Bonchev–Trinajstić information content (AvgIpc) is 2.73. The first-order valence-electron chi connectivity index (χ1n) is 5.52. The largest absolute Gasteiger partial charge is 0.481 e. The van der Waals surface area contributed by atoms with Crippen LogP contribution < -0.4 is 5.32 Å². The number of aliphatic carboxylic acids is 1. The normalized spacial score (nSPS) is 17.7. The Morgan fingerprint density at radius 1 is 1.38 bits per heavy atom. The molecule has 0 aromatic heterocycles. The summed E-state index contributed by atoms with van der Waals surface area (Å²) in [6, 6.07) is 2.10. The minimum atomic E-state index is -0.870. The van der Waals surface area contributed by atoms with Crippen LogP contribution in [-0.2, 0) is 9.59 Å². The third kappa shape index (κ3) is 2.96. The summed E-state index contributed by atoms with van der Waals surface area (Å²) in [6.07, 6.45) is 3.51. The van der Waals surface area contributed by atoms with Crippen molar-refractivity contribution in [3.05, 3.63) is 0 Å². The van der Waals surface area contributed by atoms with Crippen LogP contribution >= 0.6 is 0 Å². The fourth-order valence-corrected chi connectivity index (χ4v) is 1.98. The third-order valence-electron chi connectivity index (χ3n) is 2.96. The molecule has 5 heteroatoms. The van der Waals surface area contributed by atoms with E-state index < -0.39 is 11.4 Å². The van der Waals surface area contributed by atoms with Crippen molar-refractivity contribution in [1.29, 1.82) is 5.26 Å². The van der Waals surface area contributed by atoms with Crippen molar-refractivity contribution in [3.8, 4) is 6.07 Å². The molecule has 0 unspecified atom stereocenters. The van der Waals surface area contributed by atoms with Gasteiger partial charge >= 0.3 is 5.97 Å². The third-order valence-corrected chi connectivity index (χ3v) is 2.96. The van der Waals surface area contributed by atoms with E-state index in [2.05, 4.69) is 11.4 Å². The highest BCUT2D eigenvalue weighted by molar-refractivity contribution is 5.85. The molecular formula is C11H16N2O3. The van der Waals surface area contributed by atoms with E-state index in [1.807, 2.05) is 0 Å². The lowest BCUT2D eigenvalue weighted by molar-refractivity contribution is -0.137. The van der Waals surface area contributed by atoms with Crippen LogP contribution in [-0.4, -0.2) is 23.5 Å². The number of carboxylic acid groups (broad SMARTS) is 1. The van der Waals surface area contributed by atoms with Crippen molar-refractivity contribution in [2.45, 2.75) is 38.5 Å². The van der Waals surface area contributed by atoms with E-state index in [1.165, 1.54) is 0 Å². The van der Waals surface area contributed by atoms with E-state index in [9.17, 15) is 9.59 Å². The second kappa shape index (κ2) is 5.50. The van der Waals surface area contributed by atoms with Crippen LogP contribution in [0.25, 0.3) is 0 Å². The second-order valence-electron chi connectivity index (χ2n) is 4.15. The maximum Gasteiger partial charge on any atom is 0.303 e. The zero-order valence-corrected chi connectivity index (χ0v) is 9.16. The molecule has 1 aliphatic rings. The summed E-state index contributed by atoms with van der Waals surface area (Å²) in [5, 5.41) is 20.1. The van der Waals surface area contributed by atoms with Crippen molar-refractivity contribution in [2.24, 2.45) is 5.41 Å². The lowest BCUT2D eigenvalue weighted by Crippen LogP contribution is -2.38. The standard InChI is InChI=1S/C11H16N2O3/c12-8-11(5-1-2-6-11)10(16)13-7-3-4-9(14)15/h1-7H2,(H,13,16)(H,14,15). The van der Waals surface area contributed by atoms with Gasteiger partial charge in [0.2, 0.25) is 5.91 Å². The molecule has 16 heavy (non-hydrogen) atoms. The molecule has 1 fully saturated rings. The number of amides is 1. The number of carbonyl (C=O) groups excluding carboxylic acids is 1. The molecular weight excluding hydrogens is 208 g/mol. The number of carboxylic acids is 1. The quantitative estimate of drug-likeness (QED) is 0.683. The van der Waals surface area contributed by atoms with Crippen molar-refractivity contribution in [1.82, 2.24) is 5.32 Å². The van der Waals surface area contributed by atoms with Gasteiger partial charge in [-0.2, -0.15) is 5.26 Å². The van der Waals surface area contributed by atoms with E-state index in [0.29, 0.717) is 25.8 Å². The number of nitriles is 1. The van der Waals surface area contributed by atoms with Crippen molar-refractivity contribution in [3.63, 3.8) is 0 Å². The van der Waals surface area contributed by atoms with E-state index in [-0.39, 0.29) is 12.3 Å². The molecule has 0 radical (unpaired) electrons. The Morgan fingerprint density at radius 3 is 2.50 bits per heavy atom. The summed E-state index contributed by atoms with van der Waals surface area (Å²) >= 11 is 0. The predicted octanol–water partition coefficient (Wildman–Crippen LogP) is 1.05. The first kappa shape index (κ1) is 12.5. The maximum atomic E-state index is 11.8. The molecule has 1 aliphatic carbocycles. The van der Waals surface area contributed by atoms with E-state index in [0.717, 1.165) is 12.8 Å². The van der Waals surface area contributed by atoms with Gasteiger partial charge in [-0.15, -0.1) is 0 Å². The van der Waals surface area contributed by atoms with Crippen LogP contribution in [0.4, 0.5) is 0 Å². The lowest BCUT2D eigenvalue weighted by atomic mass is 9.87. The Kier molecular flexibility index (Phi) is 4.29. The summed E-state index contributed by atoms with van der Waals surface area (Å²) in [4.78, 5) is 22.0. The van der Waals surface area contributed by atoms with Gasteiger partial charge in [-0.25, -0.2) is 0 Å². The Labute approximate surface area is 94.4 Å². The van der Waals surface area contributed by atoms with Crippen LogP contribution in [0.2, 0.25) is 0 Å². The van der Waals surface area contributed by atoms with Gasteiger partial charge in [0.05, 0.1) is 6.07 Å². The zero-order valence-electron chi connectivity index (χ0n) is 9.16. The van der Waals surface area contributed by atoms with Gasteiger partial charge in [0.15, 0.2) is 0 Å². The maximum absolute atomic E-state index is 11.8. The molecule has 5 nitrogen and oxygen atoms in total. The Morgan fingerprint density at radius 2 is 2.00 bits per heavy atom. The summed E-state index contributed by atoms with van der Waals surface area (Å²) < 4.78 is 0. The number of nitrogens with one attached hydrogen (secondary N) is 1. The van der Waals surface area contributed by atoms with E-state index >= 15 is 0 Å². The highest BCUT2D eigenvalue weighted by Gasteiger charge is 2.41. The molecule has 1 saturated carbocycles. The first-order valence-corrected chi connectivity index (χ1v) is 5.52. The van der Waals surface area contributed by atoms with Gasteiger partial charge in [0.1, 0.15) is 5.41 Å². The molecule has 0 spiro atoms. The van der Waals surface area contributed by atoms with Crippen LogP contribution in [0.15, 0.2) is 0 Å². The number of nitrogens with zero attached hydrogens (tertiary/aromatic N) is 1. The van der Waals surface area contributed by atoms with Crippen LogP contribution in [0.1, 0.15) is 38.5 Å². The zero-order chi connectivity index (χ0) is 12.0. The molecule has 2 N–H and O–H groups in total. The Hall–Kier alpha value is -1.57. The minimum Gasteiger partial charge on any atom is -0.481 e. The number of hydrogen-bond acceptors (Lipinski definition) is 3. The second-order valence-corrected chi connectivity index (χ2v) is 4.15. The van der Waals surface area contributed by atoms with E-state index in [1.54, 1.807) is 0 Å². The number of rotatable bonds is 5. The highest BCUT2D eigenvalue weighted by Crippen LogP contribution is 2.37. The van der Waals surface area contributed by atoms with Gasteiger partial charge in [0.25, 0.3) is 0 Å². The van der Waals surface area contributed by atoms with Crippen molar-refractivity contribution < 1.29 is 14.7 Å². The molecule has 0 heterocycles. The molecule has 88 valence electrons. The van der Waals surface area contributed by atoms with Crippen molar-refractivity contribution in [2.75, 3.05) is 6.54 Å². The Bertz CT molecular complexity index is 314. The highest BCUT2D eigenvalue weighted by atomic mass is 16.4. The molecule has 0 aromatic rings. The summed E-state index contributed by atoms with van der Waals surface area (Å²) in [5.41, 5.74) is -0.858. The van der Waals surface area contributed by atoms with E-state index in [4.69, 9.17) is 10.4 Å². The van der Waals surface area contributed by atoms with Crippen LogP contribution in [0.3, 0.4) is 0 Å². The SMILES string of the molecule is N#CC1(C(=O)NCCCC(=O)O)CCCC1. The average molecular weight is 224 g/mol. The molecule has 0 atom stereocenters. The fourth-order valence-electron chi connectivity index (χ4n) is 1.98. The topological polar surface area (TPSA) is 90.2 Å². The molecule has 0 aliphatic heterocycles. The molecule has 0 aromatic carbocycles. The summed E-state index contributed by atoms with van der Waals surface area (Å²) in [5.74, 6) is -1.11. The van der Waals surface area contributed by atoms with Gasteiger partial charge in [0, 0.05) is 13.0 Å². The number of hydrogen-bond donors (Lipinski definition) is 2. The Balaban J connectivity index is 2.34. The number of carbonyl (C=O) groups is 2. The molecule has 0 bridgehead atoms.